The molecule has 7 nitrogen and oxygen atoms in total. The lowest BCUT2D eigenvalue weighted by molar-refractivity contribution is -0.140. The minimum absolute atomic E-state index is 0.0620. The van der Waals surface area contributed by atoms with E-state index in [1.807, 2.05) is 19.1 Å². The Morgan fingerprint density at radius 1 is 1.12 bits per heavy atom. The molecule has 2 unspecified atom stereocenters. The molecule has 34 heavy (non-hydrogen) atoms. The topological polar surface area (TPSA) is 85.3 Å². The van der Waals surface area contributed by atoms with Gasteiger partial charge in [0.15, 0.2) is 0 Å². The molecule has 0 saturated carbocycles. The number of hydrogen-bond donors (Lipinski definition) is 1. The average molecular weight is 464 g/mol. The quantitative estimate of drug-likeness (QED) is 0.259. The van der Waals surface area contributed by atoms with E-state index in [0.29, 0.717) is 42.4 Å². The zero-order valence-corrected chi connectivity index (χ0v) is 19.2. The number of ketones is 1. The minimum Gasteiger partial charge on any atom is -0.507 e. The van der Waals surface area contributed by atoms with Crippen LogP contribution in [0.15, 0.2) is 66.8 Å². The van der Waals surface area contributed by atoms with Crippen LogP contribution in [0.4, 0.5) is 0 Å². The van der Waals surface area contributed by atoms with Gasteiger partial charge in [-0.25, -0.2) is 0 Å². The minimum atomic E-state index is -0.732. The SMILES string of the molecule is C=CCOc1ccc(C2C(=C(O)c3ccc(OCC)cc3)C(=O)C(=O)N2CC2CCCO2)cc1. The molecule has 2 saturated heterocycles. The standard InChI is InChI=1S/C27H29NO6/c1-3-15-33-21-11-7-18(8-12-21)24-23(25(29)19-9-13-20(14-10-19)32-4-2)26(30)27(31)28(24)17-22-6-5-16-34-22/h3,7-14,22,24,29H,1,4-6,15-17H2,2H3. The van der Waals surface area contributed by atoms with Crippen molar-refractivity contribution in [3.63, 3.8) is 0 Å². The number of Topliss-reactive ketones (excluding diaryl/α,β-unsaturated/α-hetero) is 1. The zero-order valence-electron chi connectivity index (χ0n) is 19.2. The normalized spacial score (nSPS) is 21.6. The highest BCUT2D eigenvalue weighted by Crippen LogP contribution is 2.40. The molecule has 0 radical (unpaired) electrons. The number of likely N-dealkylation sites (tertiary alicyclic amines) is 1. The first-order valence-electron chi connectivity index (χ1n) is 11.5. The van der Waals surface area contributed by atoms with Crippen LogP contribution in [0.2, 0.25) is 0 Å². The van der Waals surface area contributed by atoms with Crippen LogP contribution in [0.5, 0.6) is 11.5 Å². The van der Waals surface area contributed by atoms with Crippen molar-refractivity contribution in [2.24, 2.45) is 0 Å². The Hall–Kier alpha value is -3.58. The highest BCUT2D eigenvalue weighted by molar-refractivity contribution is 6.46. The molecule has 2 fully saturated rings. The van der Waals surface area contributed by atoms with Crippen molar-refractivity contribution in [2.45, 2.75) is 31.9 Å². The van der Waals surface area contributed by atoms with E-state index < -0.39 is 17.7 Å². The number of rotatable bonds is 9. The third-order valence-electron chi connectivity index (χ3n) is 5.97. The monoisotopic (exact) mass is 463 g/mol. The number of carbonyl (C=O) groups excluding carboxylic acids is 2. The molecule has 2 aliphatic heterocycles. The molecule has 7 heteroatoms. The molecule has 0 aromatic heterocycles. The fourth-order valence-electron chi connectivity index (χ4n) is 4.36. The van der Waals surface area contributed by atoms with Gasteiger partial charge in [0.2, 0.25) is 0 Å². The van der Waals surface area contributed by atoms with Crippen LogP contribution in [-0.4, -0.2) is 54.2 Å². The van der Waals surface area contributed by atoms with Gasteiger partial charge in [-0.05, 0) is 61.7 Å². The van der Waals surface area contributed by atoms with Gasteiger partial charge in [-0.2, -0.15) is 0 Å². The third-order valence-corrected chi connectivity index (χ3v) is 5.97. The summed E-state index contributed by atoms with van der Waals surface area (Å²) in [6.45, 7) is 7.34. The molecule has 0 spiro atoms. The van der Waals surface area contributed by atoms with Crippen LogP contribution in [0, 0.1) is 0 Å². The first kappa shape index (κ1) is 23.6. The van der Waals surface area contributed by atoms with E-state index in [1.54, 1.807) is 42.5 Å². The maximum absolute atomic E-state index is 13.2. The second-order valence-corrected chi connectivity index (χ2v) is 8.21. The lowest BCUT2D eigenvalue weighted by Crippen LogP contribution is -2.36. The van der Waals surface area contributed by atoms with Crippen LogP contribution in [0.1, 0.15) is 36.9 Å². The van der Waals surface area contributed by atoms with Gasteiger partial charge in [-0.3, -0.25) is 9.59 Å². The van der Waals surface area contributed by atoms with Gasteiger partial charge in [-0.1, -0.05) is 24.8 Å². The lowest BCUT2D eigenvalue weighted by atomic mass is 9.95. The molecule has 178 valence electrons. The molecular weight excluding hydrogens is 434 g/mol. The summed E-state index contributed by atoms with van der Waals surface area (Å²) in [6, 6.07) is 13.2. The van der Waals surface area contributed by atoms with E-state index in [2.05, 4.69) is 6.58 Å². The molecule has 1 amide bonds. The molecule has 4 rings (SSSR count). The number of ether oxygens (including phenoxy) is 3. The molecule has 2 atom stereocenters. The highest BCUT2D eigenvalue weighted by atomic mass is 16.5. The fourth-order valence-corrected chi connectivity index (χ4v) is 4.36. The van der Waals surface area contributed by atoms with Crippen molar-refractivity contribution in [1.29, 1.82) is 0 Å². The number of benzene rings is 2. The summed E-state index contributed by atoms with van der Waals surface area (Å²) in [6.07, 6.45) is 3.26. The molecule has 2 heterocycles. The number of nitrogens with zero attached hydrogens (tertiary/aromatic N) is 1. The van der Waals surface area contributed by atoms with Gasteiger partial charge in [-0.15, -0.1) is 0 Å². The first-order chi connectivity index (χ1) is 16.5. The fraction of sp³-hybridized carbons (Fsp3) is 0.333. The summed E-state index contributed by atoms with van der Waals surface area (Å²) in [5.74, 6) is -0.259. The Bertz CT molecular complexity index is 1070. The second kappa shape index (κ2) is 10.6. The molecule has 2 aliphatic rings. The van der Waals surface area contributed by atoms with Crippen molar-refractivity contribution >= 4 is 17.4 Å². The van der Waals surface area contributed by atoms with E-state index in [9.17, 15) is 14.7 Å². The van der Waals surface area contributed by atoms with Crippen molar-refractivity contribution in [2.75, 3.05) is 26.4 Å². The van der Waals surface area contributed by atoms with Gasteiger partial charge in [0, 0.05) is 18.7 Å². The smallest absolute Gasteiger partial charge is 0.295 e. The Labute approximate surface area is 199 Å². The molecule has 2 aromatic rings. The summed E-state index contributed by atoms with van der Waals surface area (Å²) >= 11 is 0. The number of aliphatic hydroxyl groups is 1. The number of hydrogen-bond acceptors (Lipinski definition) is 6. The van der Waals surface area contributed by atoms with Gasteiger partial charge in [0.05, 0.1) is 24.3 Å². The summed E-state index contributed by atoms with van der Waals surface area (Å²) in [5.41, 5.74) is 1.21. The number of aliphatic hydroxyl groups excluding tert-OH is 1. The van der Waals surface area contributed by atoms with Crippen molar-refractivity contribution in [3.8, 4) is 11.5 Å². The largest absolute Gasteiger partial charge is 0.507 e. The molecule has 0 aliphatic carbocycles. The van der Waals surface area contributed by atoms with Crippen molar-refractivity contribution in [3.05, 3.63) is 77.9 Å². The van der Waals surface area contributed by atoms with E-state index in [0.717, 1.165) is 12.8 Å². The van der Waals surface area contributed by atoms with E-state index in [1.165, 1.54) is 4.90 Å². The van der Waals surface area contributed by atoms with Gasteiger partial charge >= 0.3 is 0 Å². The van der Waals surface area contributed by atoms with Gasteiger partial charge < -0.3 is 24.2 Å². The first-order valence-corrected chi connectivity index (χ1v) is 11.5. The van der Waals surface area contributed by atoms with Gasteiger partial charge in [0.25, 0.3) is 11.7 Å². The lowest BCUT2D eigenvalue weighted by Gasteiger charge is -2.27. The maximum Gasteiger partial charge on any atom is 0.295 e. The highest BCUT2D eigenvalue weighted by Gasteiger charge is 2.47. The Morgan fingerprint density at radius 3 is 2.41 bits per heavy atom. The van der Waals surface area contributed by atoms with Crippen molar-refractivity contribution < 1.29 is 28.9 Å². The predicted molar refractivity (Wildman–Crippen MR) is 128 cm³/mol. The summed E-state index contributed by atoms with van der Waals surface area (Å²) in [4.78, 5) is 27.8. The molecular formula is C27H29NO6. The third kappa shape index (κ3) is 4.84. The van der Waals surface area contributed by atoms with Crippen LogP contribution >= 0.6 is 0 Å². The van der Waals surface area contributed by atoms with Crippen molar-refractivity contribution in [1.82, 2.24) is 4.90 Å². The summed E-state index contributed by atoms with van der Waals surface area (Å²) in [7, 11) is 0. The van der Waals surface area contributed by atoms with E-state index >= 15 is 0 Å². The molecule has 2 aromatic carbocycles. The molecule has 0 bridgehead atoms. The second-order valence-electron chi connectivity index (χ2n) is 8.21. The van der Waals surface area contributed by atoms with Crippen LogP contribution in [-0.2, 0) is 14.3 Å². The van der Waals surface area contributed by atoms with E-state index in [4.69, 9.17) is 14.2 Å². The summed E-state index contributed by atoms with van der Waals surface area (Å²) in [5, 5.41) is 11.2. The maximum atomic E-state index is 13.2. The average Bonchev–Trinajstić information content (AvgIpc) is 3.46. The van der Waals surface area contributed by atoms with E-state index in [-0.39, 0.29) is 24.0 Å². The predicted octanol–water partition coefficient (Wildman–Crippen LogP) is 4.25. The number of amides is 1. The van der Waals surface area contributed by atoms with Crippen LogP contribution < -0.4 is 9.47 Å². The Balaban J connectivity index is 1.74. The zero-order chi connectivity index (χ0) is 24.1. The Kier molecular flexibility index (Phi) is 7.33. The Morgan fingerprint density at radius 2 is 1.79 bits per heavy atom. The number of carbonyl (C=O) groups is 2. The molecule has 1 N–H and O–H groups in total. The van der Waals surface area contributed by atoms with Crippen LogP contribution in [0.3, 0.4) is 0 Å². The van der Waals surface area contributed by atoms with Gasteiger partial charge in [0.1, 0.15) is 23.9 Å². The summed E-state index contributed by atoms with van der Waals surface area (Å²) < 4.78 is 16.8. The van der Waals surface area contributed by atoms with Crippen LogP contribution in [0.25, 0.3) is 5.76 Å².